The van der Waals surface area contributed by atoms with Crippen LogP contribution in [0.2, 0.25) is 0 Å². The number of hydrogen-bond donors (Lipinski definition) is 0. The van der Waals surface area contributed by atoms with Crippen molar-refractivity contribution in [2.24, 2.45) is 5.16 Å². The van der Waals surface area contributed by atoms with Crippen molar-refractivity contribution >= 4 is 33.0 Å². The third kappa shape index (κ3) is 2.57. The molecule has 2 aromatic carbocycles. The third-order valence-electron chi connectivity index (χ3n) is 3.99. The third-order valence-corrected chi connectivity index (χ3v) is 5.24. The number of para-hydroxylation sites is 2. The topological polar surface area (TPSA) is 38.9 Å². The summed E-state index contributed by atoms with van der Waals surface area (Å²) in [6.07, 6.45) is 0. The van der Waals surface area contributed by atoms with E-state index in [-0.39, 0.29) is 0 Å². The van der Waals surface area contributed by atoms with E-state index in [2.05, 4.69) is 22.5 Å². The lowest BCUT2D eigenvalue weighted by Crippen LogP contribution is -1.98. The number of hydrogen-bond acceptors (Lipinski definition) is 4. The molecule has 120 valence electrons. The first-order valence-electron chi connectivity index (χ1n) is 7.81. The minimum Gasteiger partial charge on any atom is -0.391 e. The zero-order valence-electron chi connectivity index (χ0n) is 13.6. The molecule has 0 fully saturated rings. The number of oxime groups is 1. The maximum Gasteiger partial charge on any atom is 0.195 e. The van der Waals surface area contributed by atoms with Gasteiger partial charge in [-0.15, -0.1) is 0 Å². The van der Waals surface area contributed by atoms with Gasteiger partial charge in [-0.2, -0.15) is 0 Å². The molecule has 5 heteroatoms. The lowest BCUT2D eigenvalue weighted by molar-refractivity contribution is 0.130. The fourth-order valence-corrected chi connectivity index (χ4v) is 3.90. The monoisotopic (exact) mass is 335 g/mol. The molecule has 2 heterocycles. The Morgan fingerprint density at radius 1 is 1.12 bits per heavy atom. The van der Waals surface area contributed by atoms with Crippen molar-refractivity contribution in [1.29, 1.82) is 0 Å². The van der Waals surface area contributed by atoms with Crippen LogP contribution in [0.15, 0.2) is 59.8 Å². The van der Waals surface area contributed by atoms with E-state index >= 15 is 0 Å². The van der Waals surface area contributed by atoms with Crippen molar-refractivity contribution in [3.8, 4) is 0 Å². The Kier molecular flexibility index (Phi) is 3.78. The molecule has 0 spiro atoms. The van der Waals surface area contributed by atoms with Crippen LogP contribution in [0.1, 0.15) is 23.1 Å². The second kappa shape index (κ2) is 6.09. The van der Waals surface area contributed by atoms with Gasteiger partial charge in [0.25, 0.3) is 0 Å². The van der Waals surface area contributed by atoms with E-state index in [0.717, 1.165) is 37.8 Å². The van der Waals surface area contributed by atoms with Gasteiger partial charge in [-0.25, -0.2) is 4.98 Å². The van der Waals surface area contributed by atoms with Crippen molar-refractivity contribution in [2.75, 3.05) is 0 Å². The zero-order valence-corrected chi connectivity index (χ0v) is 14.4. The number of thiazole rings is 1. The standard InChI is InChI=1S/C19H17N3OS/c1-13(21-23-12-15-8-4-3-5-9-15)18-14(2)22-17-11-7-6-10-16(17)20-19(22)24-18/h3-11H,12H2,1-2H3/b21-13+. The molecular weight excluding hydrogens is 318 g/mol. The van der Waals surface area contributed by atoms with E-state index < -0.39 is 0 Å². The van der Waals surface area contributed by atoms with Crippen LogP contribution < -0.4 is 0 Å². The minimum absolute atomic E-state index is 0.475. The summed E-state index contributed by atoms with van der Waals surface area (Å²) in [4.78, 5) is 12.3. The highest BCUT2D eigenvalue weighted by atomic mass is 32.1. The quantitative estimate of drug-likeness (QED) is 0.397. The molecule has 0 saturated heterocycles. The lowest BCUT2D eigenvalue weighted by Gasteiger charge is -2.02. The van der Waals surface area contributed by atoms with E-state index in [9.17, 15) is 0 Å². The maximum absolute atomic E-state index is 5.52. The van der Waals surface area contributed by atoms with Crippen LogP contribution in [0.5, 0.6) is 0 Å². The first-order valence-corrected chi connectivity index (χ1v) is 8.63. The Hall–Kier alpha value is -2.66. The molecular formula is C19H17N3OS. The molecule has 0 N–H and O–H groups in total. The van der Waals surface area contributed by atoms with Gasteiger partial charge in [-0.3, -0.25) is 4.40 Å². The Morgan fingerprint density at radius 2 is 1.88 bits per heavy atom. The zero-order chi connectivity index (χ0) is 16.5. The molecule has 0 aliphatic heterocycles. The SMILES string of the molecule is C/C(=N\OCc1ccccc1)c1sc2nc3ccccc3n2c1C. The van der Waals surface area contributed by atoms with E-state index in [1.54, 1.807) is 11.3 Å². The second-order valence-electron chi connectivity index (χ2n) is 5.67. The summed E-state index contributed by atoms with van der Waals surface area (Å²) in [6, 6.07) is 18.2. The molecule has 0 aliphatic rings. The summed E-state index contributed by atoms with van der Waals surface area (Å²) in [6.45, 7) is 4.55. The normalized spacial score (nSPS) is 12.2. The maximum atomic E-state index is 5.52. The first kappa shape index (κ1) is 14.9. The van der Waals surface area contributed by atoms with E-state index in [1.807, 2.05) is 55.5 Å². The highest BCUT2D eigenvalue weighted by Gasteiger charge is 2.15. The van der Waals surface area contributed by atoms with Gasteiger partial charge >= 0.3 is 0 Å². The highest BCUT2D eigenvalue weighted by Crippen LogP contribution is 2.28. The van der Waals surface area contributed by atoms with Gasteiger partial charge in [0.2, 0.25) is 0 Å². The number of benzene rings is 2. The molecule has 0 radical (unpaired) electrons. The van der Waals surface area contributed by atoms with Gasteiger partial charge in [0.05, 0.1) is 21.6 Å². The summed E-state index contributed by atoms with van der Waals surface area (Å²) < 4.78 is 2.19. The van der Waals surface area contributed by atoms with Crippen LogP contribution in [0.4, 0.5) is 0 Å². The predicted octanol–water partition coefficient (Wildman–Crippen LogP) is 4.80. The molecule has 4 rings (SSSR count). The molecule has 0 amide bonds. The summed E-state index contributed by atoms with van der Waals surface area (Å²) in [5.74, 6) is 0. The number of aromatic nitrogens is 2. The molecule has 0 bridgehead atoms. The minimum atomic E-state index is 0.475. The van der Waals surface area contributed by atoms with E-state index in [4.69, 9.17) is 9.82 Å². The smallest absolute Gasteiger partial charge is 0.195 e. The summed E-state index contributed by atoms with van der Waals surface area (Å²) in [7, 11) is 0. The fourth-order valence-electron chi connectivity index (χ4n) is 2.82. The number of nitrogens with zero attached hydrogens (tertiary/aromatic N) is 3. The van der Waals surface area contributed by atoms with Crippen molar-refractivity contribution in [2.45, 2.75) is 20.5 Å². The van der Waals surface area contributed by atoms with Crippen molar-refractivity contribution in [3.63, 3.8) is 0 Å². The molecule has 4 nitrogen and oxygen atoms in total. The number of rotatable bonds is 4. The van der Waals surface area contributed by atoms with E-state index in [1.165, 1.54) is 0 Å². The lowest BCUT2D eigenvalue weighted by atomic mass is 10.2. The Bertz CT molecular complexity index is 1030. The fraction of sp³-hybridized carbons (Fsp3) is 0.158. The Morgan fingerprint density at radius 3 is 2.71 bits per heavy atom. The number of imidazole rings is 1. The predicted molar refractivity (Wildman–Crippen MR) is 98.8 cm³/mol. The molecule has 24 heavy (non-hydrogen) atoms. The van der Waals surface area contributed by atoms with Gasteiger partial charge in [0.15, 0.2) is 4.96 Å². The van der Waals surface area contributed by atoms with Gasteiger partial charge in [0, 0.05) is 5.69 Å². The largest absolute Gasteiger partial charge is 0.391 e. The van der Waals surface area contributed by atoms with Gasteiger partial charge in [-0.05, 0) is 31.5 Å². The van der Waals surface area contributed by atoms with Crippen LogP contribution >= 0.6 is 11.3 Å². The summed E-state index contributed by atoms with van der Waals surface area (Å²) in [5, 5.41) is 4.29. The van der Waals surface area contributed by atoms with Crippen LogP contribution in [0, 0.1) is 6.92 Å². The van der Waals surface area contributed by atoms with Gasteiger partial charge in [0.1, 0.15) is 6.61 Å². The molecule has 0 unspecified atom stereocenters. The number of aryl methyl sites for hydroxylation is 1. The molecule has 0 atom stereocenters. The van der Waals surface area contributed by atoms with Crippen molar-refractivity contribution in [1.82, 2.24) is 9.38 Å². The molecule has 0 saturated carbocycles. The molecule has 0 aliphatic carbocycles. The summed E-state index contributed by atoms with van der Waals surface area (Å²) in [5.41, 5.74) is 5.29. The Labute approximate surface area is 144 Å². The van der Waals surface area contributed by atoms with Gasteiger partial charge < -0.3 is 4.84 Å². The van der Waals surface area contributed by atoms with Crippen LogP contribution in [0.3, 0.4) is 0 Å². The Balaban J connectivity index is 1.63. The average Bonchev–Trinajstić information content (AvgIpc) is 3.12. The molecule has 2 aromatic heterocycles. The van der Waals surface area contributed by atoms with Crippen LogP contribution in [-0.4, -0.2) is 15.1 Å². The summed E-state index contributed by atoms with van der Waals surface area (Å²) >= 11 is 1.65. The first-order chi connectivity index (χ1) is 11.7. The van der Waals surface area contributed by atoms with Crippen LogP contribution in [0.25, 0.3) is 16.0 Å². The average molecular weight is 335 g/mol. The van der Waals surface area contributed by atoms with Crippen molar-refractivity contribution in [3.05, 3.63) is 70.7 Å². The highest BCUT2D eigenvalue weighted by molar-refractivity contribution is 7.19. The van der Waals surface area contributed by atoms with E-state index in [0.29, 0.717) is 6.61 Å². The van der Waals surface area contributed by atoms with Crippen LogP contribution in [-0.2, 0) is 11.4 Å². The van der Waals surface area contributed by atoms with Crippen molar-refractivity contribution < 1.29 is 4.84 Å². The molecule has 4 aromatic rings. The van der Waals surface area contributed by atoms with Gasteiger partial charge in [-0.1, -0.05) is 59.0 Å². The number of fused-ring (bicyclic) bond motifs is 3. The second-order valence-corrected chi connectivity index (χ2v) is 6.65.